The van der Waals surface area contributed by atoms with Crippen LogP contribution in [0.4, 0.5) is 4.79 Å². The number of aliphatic carboxylic acids is 1. The van der Waals surface area contributed by atoms with Gasteiger partial charge in [-0.15, -0.1) is 0 Å². The number of amides is 2. The molecule has 0 aromatic heterocycles. The van der Waals surface area contributed by atoms with E-state index in [0.717, 1.165) is 12.2 Å². The Labute approximate surface area is 114 Å². The van der Waals surface area contributed by atoms with Gasteiger partial charge in [0, 0.05) is 26.2 Å². The van der Waals surface area contributed by atoms with Crippen LogP contribution in [0.3, 0.4) is 0 Å². The molecule has 0 aromatic rings. The van der Waals surface area contributed by atoms with Crippen molar-refractivity contribution in [3.8, 4) is 0 Å². The Morgan fingerprint density at radius 1 is 1.39 bits per heavy atom. The fourth-order valence-corrected chi connectivity index (χ4v) is 2.09. The first kappa shape index (κ1) is 17.1. The lowest BCUT2D eigenvalue weighted by Crippen LogP contribution is -2.45. The fourth-order valence-electron chi connectivity index (χ4n) is 1.51. The van der Waals surface area contributed by atoms with Gasteiger partial charge in [0.15, 0.2) is 0 Å². The largest absolute Gasteiger partial charge is 0.481 e. The van der Waals surface area contributed by atoms with Gasteiger partial charge in [0.1, 0.15) is 0 Å². The molecule has 0 bridgehead atoms. The van der Waals surface area contributed by atoms with Crippen molar-refractivity contribution in [2.45, 2.75) is 32.7 Å². The van der Waals surface area contributed by atoms with Crippen LogP contribution in [0.1, 0.15) is 26.7 Å². The summed E-state index contributed by atoms with van der Waals surface area (Å²) in [5.41, 5.74) is 0. The van der Waals surface area contributed by atoms with Crippen LogP contribution in [0.15, 0.2) is 0 Å². The summed E-state index contributed by atoms with van der Waals surface area (Å²) < 4.78 is 0. The lowest BCUT2D eigenvalue weighted by atomic mass is 10.2. The molecule has 6 heteroatoms. The molecule has 0 heterocycles. The molecule has 5 nitrogen and oxygen atoms in total. The Morgan fingerprint density at radius 3 is 2.44 bits per heavy atom. The van der Waals surface area contributed by atoms with E-state index in [-0.39, 0.29) is 25.0 Å². The van der Waals surface area contributed by atoms with Crippen molar-refractivity contribution in [2.75, 3.05) is 32.1 Å². The number of carbonyl (C=O) groups is 2. The second-order valence-corrected chi connectivity index (χ2v) is 5.23. The van der Waals surface area contributed by atoms with Gasteiger partial charge in [-0.25, -0.2) is 4.79 Å². The first-order valence-electron chi connectivity index (χ1n) is 6.16. The molecule has 1 N–H and O–H groups in total. The number of carbonyl (C=O) groups excluding carboxylic acids is 1. The lowest BCUT2D eigenvalue weighted by molar-refractivity contribution is -0.137. The Hall–Kier alpha value is -0.910. The van der Waals surface area contributed by atoms with E-state index in [1.807, 2.05) is 20.1 Å². The quantitative estimate of drug-likeness (QED) is 0.736. The average Bonchev–Trinajstić information content (AvgIpc) is 2.34. The monoisotopic (exact) mass is 276 g/mol. The average molecular weight is 276 g/mol. The van der Waals surface area contributed by atoms with Crippen molar-refractivity contribution in [1.29, 1.82) is 0 Å². The molecule has 0 aromatic carbocycles. The highest BCUT2D eigenvalue weighted by atomic mass is 32.2. The Morgan fingerprint density at radius 2 is 2.00 bits per heavy atom. The third kappa shape index (κ3) is 6.14. The Bertz CT molecular complexity index is 274. The van der Waals surface area contributed by atoms with Crippen molar-refractivity contribution in [1.82, 2.24) is 9.80 Å². The van der Waals surface area contributed by atoms with Gasteiger partial charge in [0.2, 0.25) is 0 Å². The van der Waals surface area contributed by atoms with Gasteiger partial charge in [-0.05, 0) is 32.3 Å². The lowest BCUT2D eigenvalue weighted by Gasteiger charge is -2.31. The second kappa shape index (κ2) is 9.08. The van der Waals surface area contributed by atoms with Gasteiger partial charge < -0.3 is 14.9 Å². The van der Waals surface area contributed by atoms with E-state index in [4.69, 9.17) is 5.11 Å². The van der Waals surface area contributed by atoms with Gasteiger partial charge >= 0.3 is 12.0 Å². The molecule has 0 rings (SSSR count). The van der Waals surface area contributed by atoms with E-state index in [0.29, 0.717) is 6.54 Å². The summed E-state index contributed by atoms with van der Waals surface area (Å²) in [6.07, 6.45) is 2.98. The molecule has 0 fully saturated rings. The number of carboxylic acid groups (broad SMARTS) is 1. The van der Waals surface area contributed by atoms with E-state index in [1.165, 1.54) is 0 Å². The van der Waals surface area contributed by atoms with Crippen molar-refractivity contribution < 1.29 is 14.7 Å². The molecule has 106 valence electrons. The summed E-state index contributed by atoms with van der Waals surface area (Å²) in [6.45, 7) is 4.68. The van der Waals surface area contributed by atoms with E-state index in [1.54, 1.807) is 28.6 Å². The number of hydrogen-bond donors (Lipinski definition) is 1. The van der Waals surface area contributed by atoms with E-state index < -0.39 is 5.97 Å². The maximum absolute atomic E-state index is 12.1. The highest BCUT2D eigenvalue weighted by Gasteiger charge is 2.20. The highest BCUT2D eigenvalue weighted by Crippen LogP contribution is 2.09. The van der Waals surface area contributed by atoms with Crippen LogP contribution in [0.25, 0.3) is 0 Å². The number of nitrogens with zero attached hydrogens (tertiary/aromatic N) is 2. The summed E-state index contributed by atoms with van der Waals surface area (Å²) in [4.78, 5) is 25.9. The number of hydrogen-bond acceptors (Lipinski definition) is 3. The molecule has 0 saturated carbocycles. The molecule has 0 saturated heterocycles. The Balaban J connectivity index is 4.33. The molecule has 0 radical (unpaired) electrons. The van der Waals surface area contributed by atoms with Gasteiger partial charge in [0.05, 0.1) is 6.42 Å². The molecule has 2 amide bonds. The van der Waals surface area contributed by atoms with Crippen LogP contribution in [0, 0.1) is 0 Å². The molecular formula is C12H24N2O3S. The molecule has 1 atom stereocenters. The zero-order chi connectivity index (χ0) is 14.1. The highest BCUT2D eigenvalue weighted by molar-refractivity contribution is 7.98. The van der Waals surface area contributed by atoms with Gasteiger partial charge in [-0.1, -0.05) is 0 Å². The van der Waals surface area contributed by atoms with Gasteiger partial charge in [-0.2, -0.15) is 11.8 Å². The summed E-state index contributed by atoms with van der Waals surface area (Å²) >= 11 is 1.76. The third-order valence-corrected chi connectivity index (χ3v) is 3.59. The zero-order valence-electron chi connectivity index (χ0n) is 11.7. The number of urea groups is 1. The van der Waals surface area contributed by atoms with Crippen molar-refractivity contribution >= 4 is 23.8 Å². The van der Waals surface area contributed by atoms with Crippen LogP contribution in [0.5, 0.6) is 0 Å². The van der Waals surface area contributed by atoms with Crippen molar-refractivity contribution in [3.05, 3.63) is 0 Å². The minimum Gasteiger partial charge on any atom is -0.481 e. The van der Waals surface area contributed by atoms with Crippen LogP contribution in [0.2, 0.25) is 0 Å². The van der Waals surface area contributed by atoms with Crippen LogP contribution >= 0.6 is 11.8 Å². The number of carboxylic acids is 1. The first-order valence-corrected chi connectivity index (χ1v) is 7.55. The maximum Gasteiger partial charge on any atom is 0.319 e. The van der Waals surface area contributed by atoms with Crippen LogP contribution in [-0.4, -0.2) is 65.1 Å². The summed E-state index contributed by atoms with van der Waals surface area (Å²) in [6, 6.07) is 0.0798. The predicted octanol–water partition coefficient (Wildman–Crippen LogP) is 1.98. The molecule has 0 aliphatic carbocycles. The second-order valence-electron chi connectivity index (χ2n) is 4.25. The van der Waals surface area contributed by atoms with Crippen molar-refractivity contribution in [2.24, 2.45) is 0 Å². The molecule has 18 heavy (non-hydrogen) atoms. The van der Waals surface area contributed by atoms with E-state index in [9.17, 15) is 9.59 Å². The first-order chi connectivity index (χ1) is 8.43. The molecular weight excluding hydrogens is 252 g/mol. The minimum absolute atomic E-state index is 0.00733. The van der Waals surface area contributed by atoms with Crippen molar-refractivity contribution in [3.63, 3.8) is 0 Å². The SMILES string of the molecule is CCN(CCC(=O)O)C(=O)N(C)C(C)CCSC. The molecule has 1 unspecified atom stereocenters. The van der Waals surface area contributed by atoms with Gasteiger partial charge in [0.25, 0.3) is 0 Å². The van der Waals surface area contributed by atoms with E-state index in [2.05, 4.69) is 0 Å². The number of thioether (sulfide) groups is 1. The topological polar surface area (TPSA) is 60.9 Å². The Kier molecular flexibility index (Phi) is 8.62. The smallest absolute Gasteiger partial charge is 0.319 e. The molecule has 0 spiro atoms. The van der Waals surface area contributed by atoms with Crippen LogP contribution in [-0.2, 0) is 4.79 Å². The summed E-state index contributed by atoms with van der Waals surface area (Å²) in [5.74, 6) is 0.138. The molecule has 0 aliphatic rings. The summed E-state index contributed by atoms with van der Waals surface area (Å²) in [7, 11) is 1.77. The van der Waals surface area contributed by atoms with E-state index >= 15 is 0 Å². The fraction of sp³-hybridized carbons (Fsp3) is 0.833. The molecule has 0 aliphatic heterocycles. The standard InChI is InChI=1S/C12H24N2O3S/c1-5-14(8-6-11(15)16)12(17)13(3)10(2)7-9-18-4/h10H,5-9H2,1-4H3,(H,15,16). The normalized spacial score (nSPS) is 12.0. The zero-order valence-corrected chi connectivity index (χ0v) is 12.5. The summed E-state index contributed by atoms with van der Waals surface area (Å²) in [5, 5.41) is 8.65. The minimum atomic E-state index is -0.876. The van der Waals surface area contributed by atoms with Gasteiger partial charge in [-0.3, -0.25) is 4.79 Å². The predicted molar refractivity (Wildman–Crippen MR) is 75.1 cm³/mol. The number of rotatable bonds is 8. The third-order valence-electron chi connectivity index (χ3n) is 2.95. The van der Waals surface area contributed by atoms with Crippen LogP contribution < -0.4 is 0 Å². The maximum atomic E-state index is 12.1.